The quantitative estimate of drug-likeness (QED) is 0.210. The first kappa shape index (κ1) is 33.5. The third-order valence-electron chi connectivity index (χ3n) is 7.92. The monoisotopic (exact) mass is 659 g/mol. The fourth-order valence-corrected chi connectivity index (χ4v) is 6.77. The van der Waals surface area contributed by atoms with Crippen molar-refractivity contribution < 1.29 is 31.9 Å². The minimum atomic E-state index is -4.40. The summed E-state index contributed by atoms with van der Waals surface area (Å²) in [5.41, 5.74) is 2.65. The predicted molar refractivity (Wildman–Crippen MR) is 177 cm³/mol. The molecule has 4 aromatic carbocycles. The van der Waals surface area contributed by atoms with Crippen LogP contribution in [-0.4, -0.2) is 57.5 Å². The van der Waals surface area contributed by atoms with E-state index >= 15 is 0 Å². The van der Waals surface area contributed by atoms with Crippen molar-refractivity contribution in [2.45, 2.75) is 44.2 Å². The summed E-state index contributed by atoms with van der Waals surface area (Å²) in [6.07, 6.45) is 0.904. The molecule has 0 saturated carbocycles. The lowest BCUT2D eigenvalue weighted by Gasteiger charge is -2.34. The van der Waals surface area contributed by atoms with E-state index in [0.717, 1.165) is 33.1 Å². The van der Waals surface area contributed by atoms with Crippen molar-refractivity contribution in [2.24, 2.45) is 0 Å². The Bertz CT molecular complexity index is 1800. The van der Waals surface area contributed by atoms with Crippen LogP contribution in [0.15, 0.2) is 102 Å². The molecule has 0 aliphatic carbocycles. The van der Waals surface area contributed by atoms with E-state index in [4.69, 9.17) is 9.47 Å². The highest BCUT2D eigenvalue weighted by molar-refractivity contribution is 7.92. The lowest BCUT2D eigenvalue weighted by atomic mass is 10.0. The molecule has 1 heterocycles. The van der Waals surface area contributed by atoms with Gasteiger partial charge in [-0.1, -0.05) is 61.5 Å². The Labute approximate surface area is 275 Å². The molecule has 1 N–H and O–H groups in total. The lowest BCUT2D eigenvalue weighted by Crippen LogP contribution is -2.53. The van der Waals surface area contributed by atoms with Crippen LogP contribution in [0.5, 0.6) is 11.5 Å². The summed E-state index contributed by atoms with van der Waals surface area (Å²) in [7, 11) is -4.40. The maximum absolute atomic E-state index is 14.6. The number of aryl methyl sites for hydroxylation is 1. The van der Waals surface area contributed by atoms with E-state index in [1.807, 2.05) is 68.4 Å². The van der Waals surface area contributed by atoms with E-state index in [9.17, 15) is 22.4 Å². The van der Waals surface area contributed by atoms with Gasteiger partial charge in [0.25, 0.3) is 10.0 Å². The Morgan fingerprint density at radius 1 is 0.894 bits per heavy atom. The van der Waals surface area contributed by atoms with Crippen LogP contribution in [-0.2, 0) is 32.6 Å². The van der Waals surface area contributed by atoms with Gasteiger partial charge in [0, 0.05) is 25.6 Å². The molecule has 0 radical (unpaired) electrons. The van der Waals surface area contributed by atoms with Crippen LogP contribution >= 0.6 is 0 Å². The minimum Gasteiger partial charge on any atom is -0.486 e. The van der Waals surface area contributed by atoms with Crippen LogP contribution in [0.4, 0.5) is 10.1 Å². The van der Waals surface area contributed by atoms with E-state index in [0.29, 0.717) is 25.3 Å². The topological polar surface area (TPSA) is 105 Å². The van der Waals surface area contributed by atoms with Crippen molar-refractivity contribution in [3.8, 4) is 11.5 Å². The SMILES string of the molecule is CCCNC(=O)[C@@H](Cc1ccccc1)N(Cc1ccccc1C)C(=O)CN(c1ccc(F)cc1)S(=O)(=O)c1ccc2c(c1)OCCO2. The summed E-state index contributed by atoms with van der Waals surface area (Å²) in [6.45, 7) is 4.27. The third kappa shape index (κ3) is 8.10. The van der Waals surface area contributed by atoms with Gasteiger partial charge < -0.3 is 19.7 Å². The van der Waals surface area contributed by atoms with Gasteiger partial charge in [-0.25, -0.2) is 12.8 Å². The Morgan fingerprint density at radius 2 is 1.57 bits per heavy atom. The van der Waals surface area contributed by atoms with Gasteiger partial charge in [0.05, 0.1) is 10.6 Å². The van der Waals surface area contributed by atoms with Gasteiger partial charge in [-0.05, 0) is 66.4 Å². The molecule has 5 rings (SSSR count). The number of ether oxygens (including phenoxy) is 2. The molecule has 11 heteroatoms. The molecule has 1 atom stereocenters. The molecule has 1 aliphatic heterocycles. The number of halogens is 1. The Balaban J connectivity index is 1.57. The van der Waals surface area contributed by atoms with E-state index in [-0.39, 0.29) is 41.8 Å². The number of nitrogens with zero attached hydrogens (tertiary/aromatic N) is 2. The molecule has 0 fully saturated rings. The van der Waals surface area contributed by atoms with Gasteiger partial charge in [0.1, 0.15) is 31.6 Å². The van der Waals surface area contributed by atoms with Gasteiger partial charge in [-0.2, -0.15) is 0 Å². The molecule has 0 spiro atoms. The third-order valence-corrected chi connectivity index (χ3v) is 9.69. The summed E-state index contributed by atoms with van der Waals surface area (Å²) >= 11 is 0. The van der Waals surface area contributed by atoms with Gasteiger partial charge in [0.2, 0.25) is 11.8 Å². The van der Waals surface area contributed by atoms with E-state index in [1.54, 1.807) is 0 Å². The molecule has 47 heavy (non-hydrogen) atoms. The average Bonchev–Trinajstić information content (AvgIpc) is 3.09. The second kappa shape index (κ2) is 15.1. The maximum atomic E-state index is 14.6. The number of fused-ring (bicyclic) bond motifs is 1. The van der Waals surface area contributed by atoms with Crippen molar-refractivity contribution in [2.75, 3.05) is 30.6 Å². The largest absolute Gasteiger partial charge is 0.486 e. The number of nitrogens with one attached hydrogen (secondary N) is 1. The zero-order chi connectivity index (χ0) is 33.4. The van der Waals surface area contributed by atoms with Gasteiger partial charge >= 0.3 is 0 Å². The van der Waals surface area contributed by atoms with E-state index < -0.39 is 34.3 Å². The van der Waals surface area contributed by atoms with Crippen LogP contribution in [0.25, 0.3) is 0 Å². The first-order valence-electron chi connectivity index (χ1n) is 15.5. The Hall–Kier alpha value is -4.90. The van der Waals surface area contributed by atoms with Gasteiger partial charge in [0.15, 0.2) is 11.5 Å². The molecule has 4 aromatic rings. The summed E-state index contributed by atoms with van der Waals surface area (Å²) in [5.74, 6) is -0.842. The zero-order valence-electron chi connectivity index (χ0n) is 26.4. The van der Waals surface area contributed by atoms with Gasteiger partial charge in [-0.15, -0.1) is 0 Å². The summed E-state index contributed by atoms with van der Waals surface area (Å²) in [4.78, 5) is 29.6. The van der Waals surface area contributed by atoms with Gasteiger partial charge in [-0.3, -0.25) is 13.9 Å². The lowest BCUT2D eigenvalue weighted by molar-refractivity contribution is -0.140. The van der Waals surface area contributed by atoms with Crippen LogP contribution in [0, 0.1) is 12.7 Å². The van der Waals surface area contributed by atoms with Crippen molar-refractivity contribution in [3.63, 3.8) is 0 Å². The fourth-order valence-electron chi connectivity index (χ4n) is 5.34. The average molecular weight is 660 g/mol. The molecular formula is C36H38FN3O6S. The summed E-state index contributed by atoms with van der Waals surface area (Å²) < 4.78 is 54.7. The molecule has 0 aromatic heterocycles. The van der Waals surface area contributed by atoms with E-state index in [1.165, 1.54) is 35.2 Å². The van der Waals surface area contributed by atoms with Crippen molar-refractivity contribution in [1.29, 1.82) is 0 Å². The Kier molecular flexibility index (Phi) is 10.8. The second-order valence-corrected chi connectivity index (χ2v) is 13.1. The molecule has 0 saturated heterocycles. The molecule has 0 unspecified atom stereocenters. The highest BCUT2D eigenvalue weighted by atomic mass is 32.2. The van der Waals surface area contributed by atoms with Crippen LogP contribution in [0.1, 0.15) is 30.0 Å². The number of carbonyl (C=O) groups excluding carboxylic acids is 2. The predicted octanol–water partition coefficient (Wildman–Crippen LogP) is 5.27. The minimum absolute atomic E-state index is 0.0594. The number of hydrogen-bond donors (Lipinski definition) is 1. The Morgan fingerprint density at radius 3 is 2.28 bits per heavy atom. The van der Waals surface area contributed by atoms with Crippen LogP contribution < -0.4 is 19.1 Å². The first-order valence-corrected chi connectivity index (χ1v) is 16.9. The number of anilines is 1. The van der Waals surface area contributed by atoms with E-state index in [2.05, 4.69) is 5.32 Å². The normalized spacial score (nSPS) is 13.0. The van der Waals surface area contributed by atoms with Crippen molar-refractivity contribution in [3.05, 3.63) is 120 Å². The van der Waals surface area contributed by atoms with Crippen LogP contribution in [0.2, 0.25) is 0 Å². The number of amides is 2. The summed E-state index contributed by atoms with van der Waals surface area (Å²) in [5, 5.41) is 2.93. The number of rotatable bonds is 13. The highest BCUT2D eigenvalue weighted by Crippen LogP contribution is 2.34. The molecular weight excluding hydrogens is 621 g/mol. The number of benzene rings is 4. The number of hydrogen-bond acceptors (Lipinski definition) is 6. The van der Waals surface area contributed by atoms with Crippen molar-refractivity contribution in [1.82, 2.24) is 10.2 Å². The van der Waals surface area contributed by atoms with Crippen molar-refractivity contribution >= 4 is 27.5 Å². The molecule has 1 aliphatic rings. The highest BCUT2D eigenvalue weighted by Gasteiger charge is 2.35. The number of sulfonamides is 1. The second-order valence-electron chi connectivity index (χ2n) is 11.2. The standard InChI is InChI=1S/C36H38FN3O6S/c1-3-19-38-36(42)32(22-27-10-5-4-6-11-27)39(24-28-12-8-7-9-26(28)2)35(41)25-40(30-15-13-29(37)14-16-30)47(43,44)31-17-18-33-34(23-31)46-21-20-45-33/h4-18,23,32H,3,19-22,24-25H2,1-2H3,(H,38,42)/t32-/m1/s1. The smallest absolute Gasteiger partial charge is 0.264 e. The molecule has 9 nitrogen and oxygen atoms in total. The van der Waals surface area contributed by atoms with Crippen LogP contribution in [0.3, 0.4) is 0 Å². The molecule has 0 bridgehead atoms. The zero-order valence-corrected chi connectivity index (χ0v) is 27.2. The molecule has 246 valence electrons. The maximum Gasteiger partial charge on any atom is 0.264 e. The fraction of sp³-hybridized carbons (Fsp3) is 0.278. The summed E-state index contributed by atoms with van der Waals surface area (Å²) in [6, 6.07) is 25.0. The number of carbonyl (C=O) groups is 2. The first-order chi connectivity index (χ1) is 22.7. The molecule has 2 amide bonds.